The van der Waals surface area contributed by atoms with Crippen molar-refractivity contribution in [1.29, 1.82) is 0 Å². The fourth-order valence-corrected chi connectivity index (χ4v) is 1.84. The first-order valence-electron chi connectivity index (χ1n) is 6.12. The lowest BCUT2D eigenvalue weighted by atomic mass is 10.2. The third-order valence-corrected chi connectivity index (χ3v) is 2.96. The molecule has 2 rings (SSSR count). The highest BCUT2D eigenvalue weighted by molar-refractivity contribution is 6.31. The van der Waals surface area contributed by atoms with Crippen molar-refractivity contribution in [1.82, 2.24) is 15.0 Å². The van der Waals surface area contributed by atoms with Gasteiger partial charge in [0, 0.05) is 5.02 Å². The molecule has 0 saturated heterocycles. The molecule has 2 aromatic rings. The van der Waals surface area contributed by atoms with E-state index in [4.69, 9.17) is 22.1 Å². The number of nitrogen functional groups attached to an aromatic ring is 1. The molecule has 1 aromatic heterocycles. The number of aromatic nitrogens is 3. The zero-order chi connectivity index (χ0) is 14.7. The van der Waals surface area contributed by atoms with Gasteiger partial charge in [-0.2, -0.15) is 0 Å². The number of carbonyl (C=O) groups is 1. The molecule has 1 heterocycles. The third kappa shape index (κ3) is 3.08. The Bertz CT molecular complexity index is 625. The van der Waals surface area contributed by atoms with E-state index in [-0.39, 0.29) is 17.6 Å². The van der Waals surface area contributed by atoms with Gasteiger partial charge in [0.25, 0.3) is 0 Å². The van der Waals surface area contributed by atoms with E-state index in [1.165, 1.54) is 4.68 Å². The van der Waals surface area contributed by atoms with Crippen LogP contribution in [0.3, 0.4) is 0 Å². The number of hydrogen-bond donors (Lipinski definition) is 1. The molecule has 0 aliphatic heterocycles. The molecule has 0 radical (unpaired) electrons. The second-order valence-corrected chi connectivity index (χ2v) is 4.93. The van der Waals surface area contributed by atoms with Crippen LogP contribution < -0.4 is 5.73 Å². The van der Waals surface area contributed by atoms with E-state index in [2.05, 4.69) is 10.3 Å². The van der Waals surface area contributed by atoms with E-state index in [0.29, 0.717) is 11.6 Å². The summed E-state index contributed by atoms with van der Waals surface area (Å²) in [4.78, 5) is 11.8. The monoisotopic (exact) mass is 294 g/mol. The van der Waals surface area contributed by atoms with Crippen LogP contribution in [-0.2, 0) is 11.3 Å². The quantitative estimate of drug-likeness (QED) is 0.873. The van der Waals surface area contributed by atoms with Gasteiger partial charge in [0.1, 0.15) is 0 Å². The number of ether oxygens (including phenoxy) is 1. The van der Waals surface area contributed by atoms with Crippen molar-refractivity contribution in [3.8, 4) is 0 Å². The van der Waals surface area contributed by atoms with Crippen molar-refractivity contribution in [2.24, 2.45) is 0 Å². The molecule has 0 fully saturated rings. The molecule has 1 aromatic carbocycles. The van der Waals surface area contributed by atoms with Crippen molar-refractivity contribution in [3.63, 3.8) is 0 Å². The standard InChI is InChI=1S/C13H15ClN4O2/c1-8(2)20-13(19)11-12(15)18(17-16-11)7-9-5-3-4-6-10(9)14/h3-6,8H,7,15H2,1-2H3. The summed E-state index contributed by atoms with van der Waals surface area (Å²) in [5, 5.41) is 8.23. The van der Waals surface area contributed by atoms with Gasteiger partial charge in [-0.15, -0.1) is 5.10 Å². The molecular formula is C13H15ClN4O2. The predicted octanol–water partition coefficient (Wildman–Crippen LogP) is 2.13. The highest BCUT2D eigenvalue weighted by Crippen LogP contribution is 2.18. The molecule has 20 heavy (non-hydrogen) atoms. The van der Waals surface area contributed by atoms with Crippen LogP contribution in [0, 0.1) is 0 Å². The zero-order valence-electron chi connectivity index (χ0n) is 11.2. The maximum Gasteiger partial charge on any atom is 0.363 e. The normalized spacial score (nSPS) is 10.8. The summed E-state index contributed by atoms with van der Waals surface area (Å²) in [7, 11) is 0. The number of rotatable bonds is 4. The fraction of sp³-hybridized carbons (Fsp3) is 0.308. The minimum absolute atomic E-state index is 0.0192. The fourth-order valence-electron chi connectivity index (χ4n) is 1.64. The van der Waals surface area contributed by atoms with Gasteiger partial charge in [-0.3, -0.25) is 0 Å². The van der Waals surface area contributed by atoms with Crippen molar-refractivity contribution >= 4 is 23.4 Å². The first-order chi connectivity index (χ1) is 9.49. The average molecular weight is 295 g/mol. The predicted molar refractivity (Wildman–Crippen MR) is 75.5 cm³/mol. The van der Waals surface area contributed by atoms with Crippen LogP contribution in [0.2, 0.25) is 5.02 Å². The topological polar surface area (TPSA) is 83.0 Å². The SMILES string of the molecule is CC(C)OC(=O)c1nnn(Cc2ccccc2Cl)c1N. The van der Waals surface area contributed by atoms with Gasteiger partial charge >= 0.3 is 5.97 Å². The Hall–Kier alpha value is -2.08. The second kappa shape index (κ2) is 5.92. The van der Waals surface area contributed by atoms with E-state index in [1.54, 1.807) is 19.9 Å². The van der Waals surface area contributed by atoms with Crippen LogP contribution in [0.15, 0.2) is 24.3 Å². The Morgan fingerprint density at radius 2 is 2.15 bits per heavy atom. The molecule has 0 saturated carbocycles. The lowest BCUT2D eigenvalue weighted by Gasteiger charge is -2.07. The van der Waals surface area contributed by atoms with Crippen molar-refractivity contribution in [2.75, 3.05) is 5.73 Å². The summed E-state index contributed by atoms with van der Waals surface area (Å²) < 4.78 is 6.46. The molecule has 0 spiro atoms. The third-order valence-electron chi connectivity index (χ3n) is 2.59. The Morgan fingerprint density at radius 3 is 2.80 bits per heavy atom. The number of hydrogen-bond acceptors (Lipinski definition) is 5. The number of nitrogens with zero attached hydrogens (tertiary/aromatic N) is 3. The molecule has 106 valence electrons. The highest BCUT2D eigenvalue weighted by atomic mass is 35.5. The van der Waals surface area contributed by atoms with E-state index in [0.717, 1.165) is 5.56 Å². The summed E-state index contributed by atoms with van der Waals surface area (Å²) in [5.41, 5.74) is 6.73. The number of benzene rings is 1. The van der Waals surface area contributed by atoms with Crippen LogP contribution in [0.5, 0.6) is 0 Å². The van der Waals surface area contributed by atoms with E-state index < -0.39 is 5.97 Å². The van der Waals surface area contributed by atoms with E-state index in [1.807, 2.05) is 18.2 Å². The molecule has 0 bridgehead atoms. The summed E-state index contributed by atoms with van der Waals surface area (Å²) >= 11 is 6.07. The molecule has 0 aliphatic rings. The van der Waals surface area contributed by atoms with Crippen LogP contribution in [0.1, 0.15) is 29.9 Å². The Balaban J connectivity index is 2.21. The highest BCUT2D eigenvalue weighted by Gasteiger charge is 2.20. The molecule has 0 unspecified atom stereocenters. The largest absolute Gasteiger partial charge is 0.458 e. The second-order valence-electron chi connectivity index (χ2n) is 4.53. The van der Waals surface area contributed by atoms with Crippen molar-refractivity contribution < 1.29 is 9.53 Å². The van der Waals surface area contributed by atoms with E-state index in [9.17, 15) is 4.79 Å². The van der Waals surface area contributed by atoms with Gasteiger partial charge in [0.2, 0.25) is 5.69 Å². The lowest BCUT2D eigenvalue weighted by Crippen LogP contribution is -2.14. The number of carbonyl (C=O) groups excluding carboxylic acids is 1. The maximum atomic E-state index is 11.8. The first kappa shape index (κ1) is 14.3. The van der Waals surface area contributed by atoms with Crippen molar-refractivity contribution in [2.45, 2.75) is 26.5 Å². The minimum atomic E-state index is -0.581. The number of esters is 1. The van der Waals surface area contributed by atoms with Crippen LogP contribution in [0.4, 0.5) is 5.82 Å². The summed E-state index contributed by atoms with van der Waals surface area (Å²) in [6.07, 6.45) is -0.240. The summed E-state index contributed by atoms with van der Waals surface area (Å²) in [6, 6.07) is 7.33. The van der Waals surface area contributed by atoms with Gasteiger partial charge in [-0.25, -0.2) is 9.48 Å². The van der Waals surface area contributed by atoms with Gasteiger partial charge < -0.3 is 10.5 Å². The molecule has 7 heteroatoms. The Kier molecular flexibility index (Phi) is 4.24. The van der Waals surface area contributed by atoms with Crippen LogP contribution in [0.25, 0.3) is 0 Å². The van der Waals surface area contributed by atoms with Gasteiger partial charge in [0.15, 0.2) is 5.82 Å². The van der Waals surface area contributed by atoms with E-state index >= 15 is 0 Å². The Labute approximate surface area is 121 Å². The van der Waals surface area contributed by atoms with Crippen LogP contribution >= 0.6 is 11.6 Å². The van der Waals surface area contributed by atoms with Crippen LogP contribution in [-0.4, -0.2) is 27.1 Å². The van der Waals surface area contributed by atoms with Gasteiger partial charge in [-0.05, 0) is 25.5 Å². The number of nitrogens with two attached hydrogens (primary N) is 1. The number of anilines is 1. The molecular weight excluding hydrogens is 280 g/mol. The molecule has 6 nitrogen and oxygen atoms in total. The molecule has 0 amide bonds. The maximum absolute atomic E-state index is 11.8. The molecule has 2 N–H and O–H groups in total. The lowest BCUT2D eigenvalue weighted by molar-refractivity contribution is 0.0372. The van der Waals surface area contributed by atoms with Crippen molar-refractivity contribution in [3.05, 3.63) is 40.5 Å². The average Bonchev–Trinajstić information content (AvgIpc) is 2.73. The number of halogens is 1. The Morgan fingerprint density at radius 1 is 1.45 bits per heavy atom. The first-order valence-corrected chi connectivity index (χ1v) is 6.50. The van der Waals surface area contributed by atoms with Gasteiger partial charge in [0.05, 0.1) is 12.6 Å². The molecule has 0 aliphatic carbocycles. The van der Waals surface area contributed by atoms with Gasteiger partial charge in [-0.1, -0.05) is 35.0 Å². The summed E-state index contributed by atoms with van der Waals surface area (Å²) in [5.74, 6) is -0.418. The zero-order valence-corrected chi connectivity index (χ0v) is 12.0. The minimum Gasteiger partial charge on any atom is -0.458 e. The molecule has 0 atom stereocenters. The summed E-state index contributed by atoms with van der Waals surface area (Å²) in [6.45, 7) is 3.85. The smallest absolute Gasteiger partial charge is 0.363 e.